The smallest absolute Gasteiger partial charge is 0.148 e. The van der Waals surface area contributed by atoms with Crippen LogP contribution in [0, 0.1) is 40.3 Å². The summed E-state index contributed by atoms with van der Waals surface area (Å²) in [6.45, 7) is 34.8. The molecule has 5 unspecified atom stereocenters. The van der Waals surface area contributed by atoms with Crippen LogP contribution in [0.5, 0.6) is 0 Å². The number of benzene rings is 6. The van der Waals surface area contributed by atoms with Gasteiger partial charge in [-0.1, -0.05) is 261 Å². The van der Waals surface area contributed by atoms with Crippen molar-refractivity contribution in [1.29, 1.82) is 0 Å². The molecule has 0 spiro atoms. The molecule has 1 heterocycles. The predicted molar refractivity (Wildman–Crippen MR) is 441 cm³/mol. The molecule has 6 aromatic carbocycles. The zero-order valence-corrected chi connectivity index (χ0v) is 70.7. The van der Waals surface area contributed by atoms with Gasteiger partial charge in [0.25, 0.3) is 0 Å². The van der Waals surface area contributed by atoms with Crippen LogP contribution < -0.4 is 28.3 Å². The van der Waals surface area contributed by atoms with Crippen molar-refractivity contribution in [3.8, 4) is 0 Å². The third-order valence-electron chi connectivity index (χ3n) is 19.6. The van der Waals surface area contributed by atoms with Gasteiger partial charge in [-0.05, 0) is 198 Å². The van der Waals surface area contributed by atoms with E-state index in [0.29, 0.717) is 66.3 Å². The summed E-state index contributed by atoms with van der Waals surface area (Å²) in [4.78, 5) is 74.6. The molecule has 1 aliphatic carbocycles. The van der Waals surface area contributed by atoms with Crippen molar-refractivity contribution in [2.45, 2.75) is 208 Å². The maximum atomic E-state index is 13.7. The summed E-state index contributed by atoms with van der Waals surface area (Å²) >= 11 is 30.2. The Bertz CT molecular complexity index is 3660. The van der Waals surface area contributed by atoms with E-state index in [0.717, 1.165) is 100 Å². The molecule has 1 aliphatic heterocycles. The number of ketones is 6. The van der Waals surface area contributed by atoms with Crippen molar-refractivity contribution in [1.82, 2.24) is 5.32 Å². The van der Waals surface area contributed by atoms with E-state index in [1.807, 2.05) is 238 Å². The molecule has 0 amide bonds. The Balaban J connectivity index is 0.000000324. The molecule has 18 heteroatoms. The summed E-state index contributed by atoms with van der Waals surface area (Å²) in [6, 6.07) is 43.3. The lowest BCUT2D eigenvalue weighted by Crippen LogP contribution is -2.42. The second-order valence-corrected chi connectivity index (χ2v) is 34.8. The highest BCUT2D eigenvalue weighted by molar-refractivity contribution is 9.10. The van der Waals surface area contributed by atoms with Gasteiger partial charge in [-0.2, -0.15) is 0 Å². The van der Waals surface area contributed by atoms with Crippen molar-refractivity contribution < 1.29 is 33.2 Å². The fraction of sp³-hybridized carbons (Fsp3) is 0.512. The molecule has 9 N–H and O–H groups in total. The Kier molecular flexibility index (Phi) is 39.0. The first-order valence-electron chi connectivity index (χ1n) is 36.6. The standard InChI is InChI=1S/C16H20ClFO.C15H22ClNO.C14H20BrNO.C14H18ClNO.C14H20ClNO.C13H18BrNO/c1-11(2)15(19)16(8-4-3-5-9-16)12-6-7-13(17)14(18)10-12;1-14(2,3)13(18)15(4,9-10-17)11-5-7-12(16)8-6-11;1-14(2,3)13(17)12(8-9-16)10-4-6-11(15)7-5-10;1-10(2)13(17)14(7-8-16-9-14)11-3-5-12(15)6-4-11;1-10(2)13(17)14(3,8-9-16)11-4-6-12(15)7-5-11;1-9(2)13(16)12(7-8-15)10-3-5-11(14)6-4-10/h6-7,10-11H,3-5,8-9H2,1-2H3;5-8H,9-10,17H2,1-4H3;4-7,12H,8-9,16H2,1-3H3;3-6,10,16H,7-9H2,1-2H3;4-7,10H,8-9,16H2,1-3H3;3-6,9,12H,7-8,15H2,1-2H3. The number of carbonyl (C=O) groups excluding carboxylic acids is 6. The fourth-order valence-corrected chi connectivity index (χ4v) is 14.9. The van der Waals surface area contributed by atoms with E-state index < -0.39 is 22.1 Å². The quantitative estimate of drug-likeness (QED) is 0.0384. The van der Waals surface area contributed by atoms with Crippen LogP contribution in [0.1, 0.15) is 220 Å². The number of nitrogens with one attached hydrogen (secondary N) is 1. The SMILES string of the molecule is CC(C)(C)C(=O)C(C)(CCN)c1ccc(Cl)cc1.CC(C)(C)C(=O)C(CCN)c1ccc(Br)cc1.CC(C)C(=O)C(C)(CCN)c1ccc(Cl)cc1.CC(C)C(=O)C(CCN)c1ccc(Br)cc1.CC(C)C(=O)C1(c2ccc(Cl)c(F)c2)CCCCC1.CC(C)C(=O)C1(c2ccc(Cl)cc2)CCNC1. The number of nitrogens with two attached hydrogens (primary N) is 4. The van der Waals surface area contributed by atoms with Crippen LogP contribution in [-0.2, 0) is 50.4 Å². The number of halogens is 7. The zero-order valence-electron chi connectivity index (χ0n) is 64.5. The number of carbonyl (C=O) groups is 6. The molecule has 0 aromatic heterocycles. The minimum Gasteiger partial charge on any atom is -0.330 e. The van der Waals surface area contributed by atoms with Gasteiger partial charge in [0.2, 0.25) is 0 Å². The molecule has 0 radical (unpaired) electrons. The van der Waals surface area contributed by atoms with Crippen LogP contribution in [0.2, 0.25) is 20.1 Å². The Morgan fingerprint density at radius 1 is 0.462 bits per heavy atom. The topological polar surface area (TPSA) is 219 Å². The third-order valence-corrected chi connectivity index (χ3v) is 21.8. The Hall–Kier alpha value is -4.81. The van der Waals surface area contributed by atoms with Gasteiger partial charge < -0.3 is 28.3 Å². The molecule has 11 nitrogen and oxygen atoms in total. The maximum Gasteiger partial charge on any atom is 0.148 e. The lowest BCUT2D eigenvalue weighted by Gasteiger charge is -2.37. The van der Waals surface area contributed by atoms with E-state index in [9.17, 15) is 33.2 Å². The lowest BCUT2D eigenvalue weighted by atomic mass is 9.64. The van der Waals surface area contributed by atoms with E-state index in [-0.39, 0.29) is 85.7 Å². The van der Waals surface area contributed by atoms with Crippen molar-refractivity contribution in [3.05, 3.63) is 208 Å². The molecule has 0 bridgehead atoms. The van der Waals surface area contributed by atoms with Gasteiger partial charge in [0.1, 0.15) is 40.5 Å². The van der Waals surface area contributed by atoms with Crippen LogP contribution in [0.4, 0.5) is 4.39 Å². The van der Waals surface area contributed by atoms with Gasteiger partial charge in [-0.25, -0.2) is 4.39 Å². The number of hydrogen-bond donors (Lipinski definition) is 5. The van der Waals surface area contributed by atoms with Crippen molar-refractivity contribution in [2.24, 2.45) is 57.4 Å². The first-order valence-corrected chi connectivity index (χ1v) is 39.7. The summed E-state index contributed by atoms with van der Waals surface area (Å²) in [5, 5.41) is 5.50. The van der Waals surface area contributed by atoms with Gasteiger partial charge in [-0.3, -0.25) is 28.8 Å². The molecule has 2 fully saturated rings. The Morgan fingerprint density at radius 3 is 1.24 bits per heavy atom. The summed E-state index contributed by atoms with van der Waals surface area (Å²) in [6.07, 6.45) is 8.48. The molecule has 5 atom stereocenters. The molecule has 572 valence electrons. The summed E-state index contributed by atoms with van der Waals surface area (Å²) in [7, 11) is 0. The van der Waals surface area contributed by atoms with Crippen LogP contribution >= 0.6 is 78.3 Å². The molecule has 1 saturated heterocycles. The monoisotopic (exact) mass is 1630 g/mol. The molecule has 104 heavy (non-hydrogen) atoms. The second-order valence-electron chi connectivity index (χ2n) is 31.2. The van der Waals surface area contributed by atoms with Crippen LogP contribution in [0.15, 0.2) is 148 Å². The zero-order chi connectivity index (χ0) is 78.7. The van der Waals surface area contributed by atoms with Gasteiger partial charge in [0.05, 0.1) is 26.7 Å². The highest BCUT2D eigenvalue weighted by atomic mass is 79.9. The van der Waals surface area contributed by atoms with E-state index in [2.05, 4.69) is 37.2 Å². The highest BCUT2D eigenvalue weighted by Crippen LogP contribution is 2.44. The minimum absolute atomic E-state index is 0.00206. The van der Waals surface area contributed by atoms with Crippen molar-refractivity contribution in [3.63, 3.8) is 0 Å². The molecule has 8 rings (SSSR count). The van der Waals surface area contributed by atoms with Crippen LogP contribution in [0.3, 0.4) is 0 Å². The van der Waals surface area contributed by atoms with E-state index >= 15 is 0 Å². The average Bonchev–Trinajstić information content (AvgIpc) is 1.10. The van der Waals surface area contributed by atoms with Crippen molar-refractivity contribution >= 4 is 113 Å². The van der Waals surface area contributed by atoms with Gasteiger partial charge in [0.15, 0.2) is 0 Å². The first-order chi connectivity index (χ1) is 48.6. The van der Waals surface area contributed by atoms with Crippen LogP contribution in [0.25, 0.3) is 0 Å². The highest BCUT2D eigenvalue weighted by Gasteiger charge is 2.45. The van der Waals surface area contributed by atoms with Crippen LogP contribution in [-0.4, -0.2) is 74.0 Å². The molecule has 2 aliphatic rings. The lowest BCUT2D eigenvalue weighted by molar-refractivity contribution is -0.132. The largest absolute Gasteiger partial charge is 0.330 e. The second kappa shape index (κ2) is 43.4. The van der Waals surface area contributed by atoms with Gasteiger partial charge >= 0.3 is 0 Å². The molecular weight excluding hydrogens is 1520 g/mol. The average molecular weight is 1640 g/mol. The Labute approximate surface area is 659 Å². The van der Waals surface area contributed by atoms with Gasteiger partial charge in [0, 0.05) is 76.9 Å². The fourth-order valence-electron chi connectivity index (χ4n) is 13.8. The third kappa shape index (κ3) is 26.8. The van der Waals surface area contributed by atoms with Gasteiger partial charge in [-0.15, -0.1) is 0 Å². The molecule has 6 aromatic rings. The number of rotatable bonds is 24. The number of Topliss-reactive ketones (excluding diaryl/α,β-unsaturated/α-hetero) is 6. The first kappa shape index (κ1) is 93.4. The summed E-state index contributed by atoms with van der Waals surface area (Å²) < 4.78 is 15.8. The van der Waals surface area contributed by atoms with E-state index in [1.165, 1.54) is 6.07 Å². The number of hydrogen-bond acceptors (Lipinski definition) is 11. The normalized spacial score (nSPS) is 16.6. The van der Waals surface area contributed by atoms with E-state index in [1.54, 1.807) is 6.07 Å². The molecule has 1 saturated carbocycles. The Morgan fingerprint density at radius 2 is 0.865 bits per heavy atom. The molecular formula is C86H118Br2Cl4FN5O6. The van der Waals surface area contributed by atoms with E-state index in [4.69, 9.17) is 69.3 Å². The predicted octanol–water partition coefficient (Wildman–Crippen LogP) is 21.0. The maximum absolute atomic E-state index is 13.7. The van der Waals surface area contributed by atoms with Crippen molar-refractivity contribution in [2.75, 3.05) is 39.3 Å². The summed E-state index contributed by atoms with van der Waals surface area (Å²) in [5.41, 5.74) is 25.9. The summed E-state index contributed by atoms with van der Waals surface area (Å²) in [5.74, 6) is 1.03. The minimum atomic E-state index is -0.544.